The maximum Gasteiger partial charge on any atom is 0.216 e. The molecule has 1 aliphatic carbocycles. The molecule has 1 aliphatic rings. The summed E-state index contributed by atoms with van der Waals surface area (Å²) in [7, 11) is 0. The molecule has 1 saturated carbocycles. The van der Waals surface area contributed by atoms with Crippen LogP contribution in [0.25, 0.3) is 0 Å². The highest BCUT2D eigenvalue weighted by molar-refractivity contribution is 5.72. The molecule has 0 saturated heterocycles. The van der Waals surface area contributed by atoms with Crippen molar-refractivity contribution in [3.8, 4) is 0 Å². The lowest BCUT2D eigenvalue weighted by Crippen LogP contribution is -2.45. The molecule has 0 aromatic rings. The molecule has 0 aromatic carbocycles. The molecule has 3 heteroatoms. The topological polar surface area (TPSA) is 49.3 Å². The van der Waals surface area contributed by atoms with E-state index in [1.165, 1.54) is 13.3 Å². The Hall–Kier alpha value is -0.570. The monoisotopic (exact) mass is 185 g/mol. The molecule has 2 N–H and O–H groups in total. The van der Waals surface area contributed by atoms with E-state index < -0.39 is 5.60 Å². The minimum absolute atomic E-state index is 0.0633. The summed E-state index contributed by atoms with van der Waals surface area (Å²) in [6.45, 7) is 4.04. The average molecular weight is 185 g/mol. The first-order chi connectivity index (χ1) is 6.02. The standard InChI is InChI=1S/C10H19NO2/c1-8-4-3-5-10(13,6-8)7-11-9(2)12/h8,13H,3-7H2,1-2H3,(H,11,12)/t8-,10-/m1/s1. The highest BCUT2D eigenvalue weighted by Gasteiger charge is 2.32. The second-order valence-corrected chi connectivity index (χ2v) is 4.34. The minimum atomic E-state index is -0.649. The number of aliphatic hydroxyl groups is 1. The van der Waals surface area contributed by atoms with Gasteiger partial charge in [-0.2, -0.15) is 0 Å². The van der Waals surface area contributed by atoms with E-state index in [0.29, 0.717) is 12.5 Å². The van der Waals surface area contributed by atoms with Crippen molar-refractivity contribution in [1.29, 1.82) is 0 Å². The van der Waals surface area contributed by atoms with E-state index in [1.54, 1.807) is 0 Å². The van der Waals surface area contributed by atoms with E-state index in [4.69, 9.17) is 0 Å². The van der Waals surface area contributed by atoms with Gasteiger partial charge in [0, 0.05) is 13.5 Å². The summed E-state index contributed by atoms with van der Waals surface area (Å²) in [6, 6.07) is 0. The van der Waals surface area contributed by atoms with E-state index >= 15 is 0 Å². The van der Waals surface area contributed by atoms with Gasteiger partial charge in [0.2, 0.25) is 5.91 Å². The molecule has 0 bridgehead atoms. The molecular weight excluding hydrogens is 166 g/mol. The Morgan fingerprint density at radius 3 is 2.92 bits per heavy atom. The first kappa shape index (κ1) is 10.5. The van der Waals surface area contributed by atoms with Crippen LogP contribution in [-0.4, -0.2) is 23.2 Å². The Kier molecular flexibility index (Phi) is 3.31. The molecule has 0 heterocycles. The SMILES string of the molecule is CC(=O)NC[C@@]1(O)CCC[C@@H](C)C1. The van der Waals surface area contributed by atoms with Gasteiger partial charge >= 0.3 is 0 Å². The van der Waals surface area contributed by atoms with E-state index in [1.807, 2.05) is 0 Å². The maximum absolute atomic E-state index is 10.7. The third-order valence-electron chi connectivity index (χ3n) is 2.73. The quantitative estimate of drug-likeness (QED) is 0.676. The van der Waals surface area contributed by atoms with Crippen molar-refractivity contribution in [2.45, 2.75) is 45.1 Å². The van der Waals surface area contributed by atoms with E-state index in [9.17, 15) is 9.90 Å². The first-order valence-electron chi connectivity index (χ1n) is 4.99. The molecular formula is C10H19NO2. The fraction of sp³-hybridized carbons (Fsp3) is 0.900. The van der Waals surface area contributed by atoms with Gasteiger partial charge in [-0.25, -0.2) is 0 Å². The maximum atomic E-state index is 10.7. The van der Waals surface area contributed by atoms with Gasteiger partial charge in [0.05, 0.1) is 5.60 Å². The molecule has 1 fully saturated rings. The zero-order valence-corrected chi connectivity index (χ0v) is 8.47. The lowest BCUT2D eigenvalue weighted by molar-refractivity contribution is -0.120. The fourth-order valence-corrected chi connectivity index (χ4v) is 2.08. The summed E-state index contributed by atoms with van der Waals surface area (Å²) in [5.74, 6) is 0.513. The third-order valence-corrected chi connectivity index (χ3v) is 2.73. The highest BCUT2D eigenvalue weighted by Crippen LogP contribution is 2.31. The Morgan fingerprint density at radius 2 is 2.38 bits per heavy atom. The Morgan fingerprint density at radius 1 is 1.69 bits per heavy atom. The van der Waals surface area contributed by atoms with Crippen molar-refractivity contribution in [1.82, 2.24) is 5.32 Å². The number of hydrogen-bond donors (Lipinski definition) is 2. The number of carbonyl (C=O) groups excluding carboxylic acids is 1. The van der Waals surface area contributed by atoms with Crippen LogP contribution in [0, 0.1) is 5.92 Å². The van der Waals surface area contributed by atoms with Gasteiger partial charge < -0.3 is 10.4 Å². The van der Waals surface area contributed by atoms with Crippen molar-refractivity contribution in [2.24, 2.45) is 5.92 Å². The molecule has 3 nitrogen and oxygen atoms in total. The number of hydrogen-bond acceptors (Lipinski definition) is 2. The number of rotatable bonds is 2. The summed E-state index contributed by atoms with van der Waals surface area (Å²) >= 11 is 0. The van der Waals surface area contributed by atoms with Crippen LogP contribution in [0.2, 0.25) is 0 Å². The Balaban J connectivity index is 2.39. The average Bonchev–Trinajstić information content (AvgIpc) is 2.01. The predicted octanol–water partition coefficient (Wildman–Crippen LogP) is 1.06. The summed E-state index contributed by atoms with van der Waals surface area (Å²) < 4.78 is 0. The van der Waals surface area contributed by atoms with Crippen LogP contribution in [0.5, 0.6) is 0 Å². The molecule has 0 aromatic heterocycles. The Labute approximate surface area is 79.5 Å². The second kappa shape index (κ2) is 4.09. The van der Waals surface area contributed by atoms with Crippen LogP contribution in [-0.2, 0) is 4.79 Å². The van der Waals surface area contributed by atoms with Crippen LogP contribution in [0.3, 0.4) is 0 Å². The van der Waals surface area contributed by atoms with Gasteiger partial charge in [-0.1, -0.05) is 19.8 Å². The van der Waals surface area contributed by atoms with Crippen molar-refractivity contribution in [2.75, 3.05) is 6.54 Å². The molecule has 0 unspecified atom stereocenters. The smallest absolute Gasteiger partial charge is 0.216 e. The van der Waals surface area contributed by atoms with E-state index in [2.05, 4.69) is 12.2 Å². The third kappa shape index (κ3) is 3.35. The van der Waals surface area contributed by atoms with Crippen LogP contribution in [0.4, 0.5) is 0 Å². The normalized spacial score (nSPS) is 34.2. The highest BCUT2D eigenvalue weighted by atomic mass is 16.3. The number of amides is 1. The Bertz CT molecular complexity index is 193. The molecule has 1 amide bonds. The van der Waals surface area contributed by atoms with Crippen molar-refractivity contribution >= 4 is 5.91 Å². The predicted molar refractivity (Wildman–Crippen MR) is 51.3 cm³/mol. The molecule has 0 spiro atoms. The lowest BCUT2D eigenvalue weighted by Gasteiger charge is -2.35. The molecule has 76 valence electrons. The molecule has 0 radical (unpaired) electrons. The molecule has 0 aliphatic heterocycles. The lowest BCUT2D eigenvalue weighted by atomic mass is 9.79. The zero-order valence-electron chi connectivity index (χ0n) is 8.47. The molecule has 1 rings (SSSR count). The summed E-state index contributed by atoms with van der Waals surface area (Å²) in [5, 5.41) is 12.8. The number of nitrogens with one attached hydrogen (secondary N) is 1. The first-order valence-corrected chi connectivity index (χ1v) is 4.99. The zero-order chi connectivity index (χ0) is 9.90. The van der Waals surface area contributed by atoms with Gasteiger partial charge in [0.25, 0.3) is 0 Å². The largest absolute Gasteiger partial charge is 0.388 e. The van der Waals surface area contributed by atoms with Gasteiger partial charge in [0.15, 0.2) is 0 Å². The van der Waals surface area contributed by atoms with Crippen molar-refractivity contribution in [3.05, 3.63) is 0 Å². The van der Waals surface area contributed by atoms with Crippen molar-refractivity contribution in [3.63, 3.8) is 0 Å². The fourth-order valence-electron chi connectivity index (χ4n) is 2.08. The number of carbonyl (C=O) groups is 1. The molecule has 13 heavy (non-hydrogen) atoms. The van der Waals surface area contributed by atoms with Crippen LogP contribution < -0.4 is 5.32 Å². The van der Waals surface area contributed by atoms with E-state index in [0.717, 1.165) is 19.3 Å². The van der Waals surface area contributed by atoms with Gasteiger partial charge in [0.1, 0.15) is 0 Å². The van der Waals surface area contributed by atoms with Crippen LogP contribution >= 0.6 is 0 Å². The van der Waals surface area contributed by atoms with Gasteiger partial charge in [-0.05, 0) is 18.8 Å². The summed E-state index contributed by atoms with van der Waals surface area (Å²) in [5.41, 5.74) is -0.649. The minimum Gasteiger partial charge on any atom is -0.388 e. The summed E-state index contributed by atoms with van der Waals surface area (Å²) in [6.07, 6.45) is 3.89. The van der Waals surface area contributed by atoms with Crippen molar-refractivity contribution < 1.29 is 9.90 Å². The van der Waals surface area contributed by atoms with Gasteiger partial charge in [-0.15, -0.1) is 0 Å². The summed E-state index contributed by atoms with van der Waals surface area (Å²) in [4.78, 5) is 10.7. The van der Waals surface area contributed by atoms with E-state index in [-0.39, 0.29) is 5.91 Å². The van der Waals surface area contributed by atoms with Crippen LogP contribution in [0.1, 0.15) is 39.5 Å². The second-order valence-electron chi connectivity index (χ2n) is 4.34. The van der Waals surface area contributed by atoms with Crippen LogP contribution in [0.15, 0.2) is 0 Å². The van der Waals surface area contributed by atoms with Gasteiger partial charge in [-0.3, -0.25) is 4.79 Å². The molecule has 2 atom stereocenters.